The van der Waals surface area contributed by atoms with Crippen molar-refractivity contribution in [3.63, 3.8) is 0 Å². The van der Waals surface area contributed by atoms with Gasteiger partial charge in [0.2, 0.25) is 0 Å². The molecule has 1 saturated heterocycles. The number of H-pyrrole nitrogens is 1. The summed E-state index contributed by atoms with van der Waals surface area (Å²) in [7, 11) is 0. The number of para-hydroxylation sites is 1. The summed E-state index contributed by atoms with van der Waals surface area (Å²) in [5, 5.41) is 6.81. The molecule has 0 atom stereocenters. The van der Waals surface area contributed by atoms with E-state index in [2.05, 4.69) is 47.5 Å². The molecule has 0 saturated carbocycles. The van der Waals surface area contributed by atoms with Gasteiger partial charge in [0, 0.05) is 28.3 Å². The number of fused-ring (bicyclic) bond motifs is 1. The van der Waals surface area contributed by atoms with E-state index in [0.717, 1.165) is 36.8 Å². The minimum absolute atomic E-state index is 0.196. The van der Waals surface area contributed by atoms with Crippen LogP contribution >= 0.6 is 0 Å². The Kier molecular flexibility index (Phi) is 6.93. The fourth-order valence-corrected chi connectivity index (χ4v) is 4.68. The molecule has 0 radical (unpaired) electrons. The van der Waals surface area contributed by atoms with Crippen molar-refractivity contribution in [2.75, 3.05) is 30.3 Å². The molecule has 0 aliphatic carbocycles. The van der Waals surface area contributed by atoms with Crippen LogP contribution in [0.4, 0.5) is 16.2 Å². The van der Waals surface area contributed by atoms with Gasteiger partial charge in [0.25, 0.3) is 0 Å². The van der Waals surface area contributed by atoms with Crippen LogP contribution in [0, 0.1) is 0 Å². The Morgan fingerprint density at radius 3 is 2.53 bits per heavy atom. The largest absolute Gasteiger partial charge is 0.462 e. The number of nitrogens with zero attached hydrogens (tertiary/aromatic N) is 1. The van der Waals surface area contributed by atoms with Crippen LogP contribution in [0.25, 0.3) is 10.9 Å². The Bertz CT molecular complexity index is 1170. The normalized spacial score (nSPS) is 15.3. The van der Waals surface area contributed by atoms with E-state index in [1.165, 1.54) is 5.56 Å². The highest BCUT2D eigenvalue weighted by molar-refractivity contribution is 6.05. The lowest BCUT2D eigenvalue weighted by Gasteiger charge is -2.40. The van der Waals surface area contributed by atoms with Crippen LogP contribution in [0.15, 0.2) is 48.7 Å². The minimum atomic E-state index is -0.464. The quantitative estimate of drug-likeness (QED) is 0.408. The number of benzene rings is 2. The molecule has 7 heteroatoms. The number of ether oxygens (including phenoxy) is 1. The Hall–Kier alpha value is -3.32. The number of carbonyl (C=O) groups excluding carboxylic acids is 2. The summed E-state index contributed by atoms with van der Waals surface area (Å²) in [6.45, 7) is 11.0. The first-order valence-corrected chi connectivity index (χ1v) is 12.0. The summed E-state index contributed by atoms with van der Waals surface area (Å²) in [5.41, 5.74) is 4.00. The summed E-state index contributed by atoms with van der Waals surface area (Å²) < 4.78 is 5.09. The fourth-order valence-electron chi connectivity index (χ4n) is 4.68. The monoisotopic (exact) mass is 462 g/mol. The van der Waals surface area contributed by atoms with Crippen LogP contribution in [-0.4, -0.2) is 47.1 Å². The SMILES string of the molecule is CCOC(=O)c1ccccc1NC(=O)Nc1ccc2[nH]cc(C3CCN(C(C)(C)C)CC3)c2c1. The topological polar surface area (TPSA) is 86.5 Å². The van der Waals surface area contributed by atoms with E-state index < -0.39 is 12.0 Å². The average Bonchev–Trinajstić information content (AvgIpc) is 3.22. The van der Waals surface area contributed by atoms with Crippen LogP contribution < -0.4 is 10.6 Å². The molecule has 34 heavy (non-hydrogen) atoms. The molecule has 1 aliphatic heterocycles. The second-order valence-corrected chi connectivity index (χ2v) is 9.78. The van der Waals surface area contributed by atoms with Crippen LogP contribution in [0.1, 0.15) is 62.4 Å². The highest BCUT2D eigenvalue weighted by Crippen LogP contribution is 2.35. The molecule has 3 N–H and O–H groups in total. The third-order valence-electron chi connectivity index (χ3n) is 6.53. The number of hydrogen-bond donors (Lipinski definition) is 3. The number of aromatic nitrogens is 1. The number of esters is 1. The van der Waals surface area contributed by atoms with Crippen molar-refractivity contribution in [3.8, 4) is 0 Å². The van der Waals surface area contributed by atoms with Gasteiger partial charge in [-0.1, -0.05) is 12.1 Å². The van der Waals surface area contributed by atoms with Crippen LogP contribution in [0.2, 0.25) is 0 Å². The van der Waals surface area contributed by atoms with Gasteiger partial charge in [-0.25, -0.2) is 9.59 Å². The molecule has 3 aromatic rings. The number of likely N-dealkylation sites (tertiary alicyclic amines) is 1. The molecule has 2 heterocycles. The molecule has 0 spiro atoms. The van der Waals surface area contributed by atoms with Crippen LogP contribution in [0.3, 0.4) is 0 Å². The van der Waals surface area contributed by atoms with Gasteiger partial charge in [-0.05, 0) is 95.4 Å². The molecule has 2 amide bonds. The predicted molar refractivity (Wildman–Crippen MR) is 137 cm³/mol. The van der Waals surface area contributed by atoms with Crippen LogP contribution in [-0.2, 0) is 4.74 Å². The summed E-state index contributed by atoms with van der Waals surface area (Å²) in [6.07, 6.45) is 4.35. The molecule has 1 aliphatic rings. The molecular formula is C27H34N4O3. The van der Waals surface area contributed by atoms with Gasteiger partial charge >= 0.3 is 12.0 Å². The highest BCUT2D eigenvalue weighted by Gasteiger charge is 2.28. The number of piperidine rings is 1. The first-order chi connectivity index (χ1) is 16.3. The molecule has 180 valence electrons. The van der Waals surface area contributed by atoms with E-state index in [9.17, 15) is 9.59 Å². The van der Waals surface area contributed by atoms with Crippen molar-refractivity contribution in [1.29, 1.82) is 0 Å². The summed E-state index contributed by atoms with van der Waals surface area (Å²) in [6, 6.07) is 12.3. The maximum absolute atomic E-state index is 12.7. The van der Waals surface area contributed by atoms with E-state index in [1.807, 2.05) is 18.2 Å². The van der Waals surface area contributed by atoms with Crippen molar-refractivity contribution in [2.45, 2.75) is 52.0 Å². The minimum Gasteiger partial charge on any atom is -0.462 e. The number of aromatic amines is 1. The molecule has 2 aromatic carbocycles. The second kappa shape index (κ2) is 9.89. The molecule has 4 rings (SSSR count). The van der Waals surface area contributed by atoms with Crippen LogP contribution in [0.5, 0.6) is 0 Å². The first-order valence-electron chi connectivity index (χ1n) is 12.0. The second-order valence-electron chi connectivity index (χ2n) is 9.78. The smallest absolute Gasteiger partial charge is 0.340 e. The zero-order chi connectivity index (χ0) is 24.3. The van der Waals surface area contributed by atoms with Gasteiger partial charge in [-0.2, -0.15) is 0 Å². The standard InChI is InChI=1S/C27H34N4O3/c1-5-34-25(32)20-8-6-7-9-24(20)30-26(33)29-19-10-11-23-21(16-19)22(17-28-23)18-12-14-31(15-13-18)27(2,3)4/h6-11,16-18,28H,5,12-15H2,1-4H3,(H2,29,30,33). The zero-order valence-electron chi connectivity index (χ0n) is 20.4. The number of anilines is 2. The highest BCUT2D eigenvalue weighted by atomic mass is 16.5. The van der Waals surface area contributed by atoms with Gasteiger partial charge in [-0.15, -0.1) is 0 Å². The number of nitrogens with one attached hydrogen (secondary N) is 3. The first kappa shape index (κ1) is 23.8. The molecule has 7 nitrogen and oxygen atoms in total. The Labute approximate surface area is 200 Å². The maximum Gasteiger partial charge on any atom is 0.340 e. The fraction of sp³-hybridized carbons (Fsp3) is 0.407. The van der Waals surface area contributed by atoms with E-state index >= 15 is 0 Å². The zero-order valence-corrected chi connectivity index (χ0v) is 20.4. The van der Waals surface area contributed by atoms with E-state index in [-0.39, 0.29) is 12.1 Å². The summed E-state index contributed by atoms with van der Waals surface area (Å²) in [5.74, 6) is 0.0298. The molecule has 1 aromatic heterocycles. The third kappa shape index (κ3) is 5.25. The Balaban J connectivity index is 1.47. The number of hydrogen-bond acceptors (Lipinski definition) is 4. The summed E-state index contributed by atoms with van der Waals surface area (Å²) >= 11 is 0. The van der Waals surface area contributed by atoms with Crippen molar-refractivity contribution < 1.29 is 14.3 Å². The van der Waals surface area contributed by atoms with E-state index in [4.69, 9.17) is 4.74 Å². The van der Waals surface area contributed by atoms with Crippen molar-refractivity contribution >= 4 is 34.3 Å². The lowest BCUT2D eigenvalue weighted by Crippen LogP contribution is -2.45. The van der Waals surface area contributed by atoms with Gasteiger partial charge in [0.05, 0.1) is 17.9 Å². The van der Waals surface area contributed by atoms with E-state index in [0.29, 0.717) is 22.9 Å². The van der Waals surface area contributed by atoms with Gasteiger partial charge in [0.15, 0.2) is 0 Å². The lowest BCUT2D eigenvalue weighted by atomic mass is 9.87. The molecular weight excluding hydrogens is 428 g/mol. The number of carbonyl (C=O) groups is 2. The van der Waals surface area contributed by atoms with Gasteiger partial charge < -0.3 is 20.4 Å². The predicted octanol–water partition coefficient (Wildman–Crippen LogP) is 5.97. The summed E-state index contributed by atoms with van der Waals surface area (Å²) in [4.78, 5) is 30.8. The molecule has 0 bridgehead atoms. The Morgan fingerprint density at radius 2 is 1.82 bits per heavy atom. The maximum atomic E-state index is 12.7. The third-order valence-corrected chi connectivity index (χ3v) is 6.53. The van der Waals surface area contributed by atoms with E-state index in [1.54, 1.807) is 31.2 Å². The lowest BCUT2D eigenvalue weighted by molar-refractivity contribution is 0.0527. The van der Waals surface area contributed by atoms with Crippen molar-refractivity contribution in [3.05, 3.63) is 59.8 Å². The number of rotatable bonds is 5. The Morgan fingerprint density at radius 1 is 1.09 bits per heavy atom. The molecule has 0 unspecified atom stereocenters. The number of amides is 2. The van der Waals surface area contributed by atoms with Crippen molar-refractivity contribution in [2.24, 2.45) is 0 Å². The van der Waals surface area contributed by atoms with Gasteiger partial charge in [-0.3, -0.25) is 4.90 Å². The number of urea groups is 1. The van der Waals surface area contributed by atoms with Gasteiger partial charge in [0.1, 0.15) is 0 Å². The van der Waals surface area contributed by atoms with Crippen molar-refractivity contribution in [1.82, 2.24) is 9.88 Å². The molecule has 1 fully saturated rings. The average molecular weight is 463 g/mol.